The van der Waals surface area contributed by atoms with Crippen LogP contribution in [-0.4, -0.2) is 59.4 Å². The normalized spacial score (nSPS) is 12.2. The van der Waals surface area contributed by atoms with E-state index < -0.39 is 17.8 Å². The average molecular weight is 514 g/mol. The van der Waals surface area contributed by atoms with Gasteiger partial charge in [-0.3, -0.25) is 4.79 Å². The maximum absolute atomic E-state index is 12.8. The van der Waals surface area contributed by atoms with E-state index in [0.29, 0.717) is 18.4 Å². The van der Waals surface area contributed by atoms with E-state index in [1.54, 1.807) is 26.8 Å². The zero-order valence-corrected chi connectivity index (χ0v) is 22.5. The van der Waals surface area contributed by atoms with Gasteiger partial charge in [-0.1, -0.05) is 49.2 Å². The van der Waals surface area contributed by atoms with Gasteiger partial charge in [0.05, 0.1) is 18.2 Å². The molecule has 2 aromatic rings. The van der Waals surface area contributed by atoms with E-state index in [1.165, 1.54) is 22.6 Å². The summed E-state index contributed by atoms with van der Waals surface area (Å²) in [5, 5.41) is 20.4. The van der Waals surface area contributed by atoms with E-state index in [0.717, 1.165) is 58.2 Å². The molecule has 0 bridgehead atoms. The van der Waals surface area contributed by atoms with Gasteiger partial charge in [-0.15, -0.1) is 0 Å². The Morgan fingerprint density at radius 2 is 1.65 bits per heavy atom. The molecule has 0 fully saturated rings. The van der Waals surface area contributed by atoms with Crippen LogP contribution in [0.25, 0.3) is 0 Å². The Kier molecular flexibility index (Phi) is 13.2. The van der Waals surface area contributed by atoms with Gasteiger partial charge in [0.1, 0.15) is 11.4 Å². The molecule has 0 heterocycles. The first-order valence-corrected chi connectivity index (χ1v) is 13.3. The number of hydrogen-bond donors (Lipinski definition) is 2. The van der Waals surface area contributed by atoms with Crippen molar-refractivity contribution >= 4 is 12.4 Å². The van der Waals surface area contributed by atoms with Crippen LogP contribution in [0, 0.1) is 0 Å². The van der Waals surface area contributed by atoms with Gasteiger partial charge < -0.3 is 24.6 Å². The number of hydrogen-bond acceptors (Lipinski definition) is 6. The molecule has 0 aromatic heterocycles. The molecule has 0 aliphatic carbocycles. The number of rotatable bonds is 16. The number of phenolic OH excluding ortho intramolecular Hbond substituents is 1. The van der Waals surface area contributed by atoms with Gasteiger partial charge in [-0.05, 0) is 76.1 Å². The predicted octanol–water partition coefficient (Wildman–Crippen LogP) is 6.08. The van der Waals surface area contributed by atoms with Crippen LogP contribution in [0.1, 0.15) is 86.9 Å². The van der Waals surface area contributed by atoms with E-state index in [4.69, 9.17) is 9.47 Å². The number of carbonyl (C=O) groups excluding carboxylic acids is 2. The molecule has 1 atom stereocenters. The molecule has 0 saturated heterocycles. The van der Waals surface area contributed by atoms with Crippen molar-refractivity contribution in [1.29, 1.82) is 0 Å². The molecule has 2 rings (SSSR count). The quantitative estimate of drug-likeness (QED) is 0.209. The summed E-state index contributed by atoms with van der Waals surface area (Å²) in [5.41, 5.74) is 1.26. The first-order valence-electron chi connectivity index (χ1n) is 13.3. The van der Waals surface area contributed by atoms with E-state index >= 15 is 0 Å². The van der Waals surface area contributed by atoms with Gasteiger partial charge in [0.25, 0.3) is 0 Å². The highest BCUT2D eigenvalue weighted by Crippen LogP contribution is 2.23. The Labute approximate surface area is 221 Å². The summed E-state index contributed by atoms with van der Waals surface area (Å²) >= 11 is 0. The summed E-state index contributed by atoms with van der Waals surface area (Å²) in [6, 6.07) is 14.8. The smallest absolute Gasteiger partial charge is 0.410 e. The number of carbonyl (C=O) groups is 2. The molecule has 1 amide bonds. The molecular formula is C30H43NO6. The van der Waals surface area contributed by atoms with Crippen LogP contribution in [0.2, 0.25) is 0 Å². The molecule has 0 aliphatic rings. The molecule has 0 aliphatic heterocycles. The summed E-state index contributed by atoms with van der Waals surface area (Å²) in [4.78, 5) is 25.4. The monoisotopic (exact) mass is 513 g/mol. The van der Waals surface area contributed by atoms with Crippen molar-refractivity contribution in [3.05, 3.63) is 65.2 Å². The van der Waals surface area contributed by atoms with E-state index in [2.05, 4.69) is 24.3 Å². The molecular weight excluding hydrogens is 470 g/mol. The van der Waals surface area contributed by atoms with Gasteiger partial charge in [0, 0.05) is 19.8 Å². The average Bonchev–Trinajstić information content (AvgIpc) is 2.86. The van der Waals surface area contributed by atoms with Crippen molar-refractivity contribution in [1.82, 2.24) is 4.90 Å². The number of unbranched alkanes of at least 4 members (excludes halogenated alkanes) is 4. The lowest BCUT2D eigenvalue weighted by Crippen LogP contribution is -2.39. The second-order valence-electron chi connectivity index (χ2n) is 10.3. The lowest BCUT2D eigenvalue weighted by molar-refractivity contribution is 0.0140. The van der Waals surface area contributed by atoms with E-state index in [9.17, 15) is 19.8 Å². The minimum absolute atomic E-state index is 0.0318. The summed E-state index contributed by atoms with van der Waals surface area (Å²) in [6.45, 7) is 7.40. The van der Waals surface area contributed by atoms with Gasteiger partial charge in [-0.25, -0.2) is 4.79 Å². The van der Waals surface area contributed by atoms with Gasteiger partial charge in [0.15, 0.2) is 6.29 Å². The SMILES string of the molecule is CC(C)(C)OC(=O)N(CCCCCCOCCCCc1ccccc1)CC(O)c1ccc(O)c(C=O)c1. The third-order valence-electron chi connectivity index (χ3n) is 5.92. The number of amides is 1. The van der Waals surface area contributed by atoms with Crippen LogP contribution in [-0.2, 0) is 15.9 Å². The fraction of sp³-hybridized carbons (Fsp3) is 0.533. The molecule has 0 spiro atoms. The van der Waals surface area contributed by atoms with Crippen LogP contribution < -0.4 is 0 Å². The third-order valence-corrected chi connectivity index (χ3v) is 5.92. The minimum Gasteiger partial charge on any atom is -0.507 e. The van der Waals surface area contributed by atoms with Gasteiger partial charge in [0.2, 0.25) is 0 Å². The number of phenols is 1. The van der Waals surface area contributed by atoms with Crippen LogP contribution >= 0.6 is 0 Å². The zero-order chi connectivity index (χ0) is 27.1. The number of aromatic hydroxyl groups is 1. The molecule has 0 saturated carbocycles. The lowest BCUT2D eigenvalue weighted by atomic mass is 10.0. The number of aldehydes is 1. The van der Waals surface area contributed by atoms with Crippen LogP contribution in [0.5, 0.6) is 5.75 Å². The second-order valence-corrected chi connectivity index (χ2v) is 10.3. The second kappa shape index (κ2) is 16.0. The van der Waals surface area contributed by atoms with Crippen LogP contribution in [0.3, 0.4) is 0 Å². The Morgan fingerprint density at radius 3 is 2.32 bits per heavy atom. The Hall–Kier alpha value is -2.90. The Morgan fingerprint density at radius 1 is 0.973 bits per heavy atom. The Balaban J connectivity index is 1.70. The van der Waals surface area contributed by atoms with Crippen molar-refractivity contribution in [2.75, 3.05) is 26.3 Å². The first-order chi connectivity index (χ1) is 17.7. The lowest BCUT2D eigenvalue weighted by Gasteiger charge is -2.29. The van der Waals surface area contributed by atoms with Crippen molar-refractivity contribution in [2.45, 2.75) is 77.4 Å². The zero-order valence-electron chi connectivity index (χ0n) is 22.5. The molecule has 1 unspecified atom stereocenters. The predicted molar refractivity (Wildman–Crippen MR) is 145 cm³/mol. The van der Waals surface area contributed by atoms with Crippen molar-refractivity contribution < 1.29 is 29.3 Å². The highest BCUT2D eigenvalue weighted by molar-refractivity contribution is 5.79. The summed E-state index contributed by atoms with van der Waals surface area (Å²) in [5.74, 6) is -0.147. The molecule has 2 aromatic carbocycles. The molecule has 7 nitrogen and oxygen atoms in total. The van der Waals surface area contributed by atoms with Crippen LogP contribution in [0.4, 0.5) is 4.79 Å². The molecule has 204 valence electrons. The molecule has 37 heavy (non-hydrogen) atoms. The molecule has 2 N–H and O–H groups in total. The van der Waals surface area contributed by atoms with Gasteiger partial charge >= 0.3 is 6.09 Å². The van der Waals surface area contributed by atoms with Crippen molar-refractivity contribution in [2.24, 2.45) is 0 Å². The highest BCUT2D eigenvalue weighted by atomic mass is 16.6. The number of aliphatic hydroxyl groups excluding tert-OH is 1. The fourth-order valence-electron chi connectivity index (χ4n) is 3.91. The van der Waals surface area contributed by atoms with Crippen LogP contribution in [0.15, 0.2) is 48.5 Å². The maximum atomic E-state index is 12.8. The topological polar surface area (TPSA) is 96.3 Å². The minimum atomic E-state index is -1.01. The highest BCUT2D eigenvalue weighted by Gasteiger charge is 2.24. The number of benzene rings is 2. The summed E-state index contributed by atoms with van der Waals surface area (Å²) < 4.78 is 11.3. The Bertz CT molecular complexity index is 941. The third kappa shape index (κ3) is 12.3. The standard InChI is InChI=1S/C30H43NO6/c1-30(2,3)37-29(35)31(22-28(34)25-16-17-27(33)26(21-25)23-32)18-10-4-5-11-19-36-20-12-9-15-24-13-7-6-8-14-24/h6-8,13-14,16-17,21,23,28,33-34H,4-5,9-12,15,18-20,22H2,1-3H3. The number of aryl methyl sites for hydroxylation is 1. The molecule has 7 heteroatoms. The van der Waals surface area contributed by atoms with E-state index in [1.807, 2.05) is 6.07 Å². The maximum Gasteiger partial charge on any atom is 0.410 e. The largest absolute Gasteiger partial charge is 0.507 e. The van der Waals surface area contributed by atoms with E-state index in [-0.39, 0.29) is 17.9 Å². The number of aliphatic hydroxyl groups is 1. The van der Waals surface area contributed by atoms with Gasteiger partial charge in [-0.2, -0.15) is 0 Å². The molecule has 0 radical (unpaired) electrons. The fourth-order valence-corrected chi connectivity index (χ4v) is 3.91. The first kappa shape index (κ1) is 30.3. The van der Waals surface area contributed by atoms with Crippen molar-refractivity contribution in [3.8, 4) is 5.75 Å². The summed E-state index contributed by atoms with van der Waals surface area (Å²) in [6.07, 6.45) is 5.96. The summed E-state index contributed by atoms with van der Waals surface area (Å²) in [7, 11) is 0. The van der Waals surface area contributed by atoms with Crippen molar-refractivity contribution in [3.63, 3.8) is 0 Å². The number of nitrogens with zero attached hydrogens (tertiary/aromatic N) is 1. The number of ether oxygens (including phenoxy) is 2.